The second-order valence-corrected chi connectivity index (χ2v) is 6.00. The van der Waals surface area contributed by atoms with Gasteiger partial charge in [-0.05, 0) is 19.1 Å². The lowest BCUT2D eigenvalue weighted by Crippen LogP contribution is -2.14. The van der Waals surface area contributed by atoms with E-state index in [9.17, 15) is 9.50 Å². The first-order valence-corrected chi connectivity index (χ1v) is 7.58. The number of nitrogens with zero attached hydrogens (tertiary/aromatic N) is 2. The van der Waals surface area contributed by atoms with Crippen LogP contribution in [-0.4, -0.2) is 26.7 Å². The van der Waals surface area contributed by atoms with Crippen LogP contribution in [0.5, 0.6) is 0 Å². The Labute approximate surface area is 126 Å². The van der Waals surface area contributed by atoms with Gasteiger partial charge in [0.15, 0.2) is 0 Å². The first-order chi connectivity index (χ1) is 9.49. The minimum atomic E-state index is -0.597. The molecule has 1 atom stereocenters. The molecule has 0 fully saturated rings. The summed E-state index contributed by atoms with van der Waals surface area (Å²) < 4.78 is 15.0. The smallest absolute Gasteiger partial charge is 0.136 e. The van der Waals surface area contributed by atoms with Crippen LogP contribution in [0.25, 0.3) is 0 Å². The normalized spacial score (nSPS) is 12.7. The number of aliphatic hydroxyl groups is 1. The molecule has 108 valence electrons. The van der Waals surface area contributed by atoms with Crippen LogP contribution in [0.15, 0.2) is 29.2 Å². The number of halogens is 2. The van der Waals surface area contributed by atoms with Gasteiger partial charge in [-0.3, -0.25) is 4.68 Å². The van der Waals surface area contributed by atoms with Crippen molar-refractivity contribution in [2.24, 2.45) is 7.05 Å². The summed E-state index contributed by atoms with van der Waals surface area (Å²) in [4.78, 5) is 0.542. The summed E-state index contributed by atoms with van der Waals surface area (Å²) in [7, 11) is 1.76. The van der Waals surface area contributed by atoms with Crippen molar-refractivity contribution in [2.45, 2.75) is 24.3 Å². The largest absolute Gasteiger partial charge is 0.392 e. The molecule has 0 saturated carbocycles. The minimum absolute atomic E-state index is 0.264. The summed E-state index contributed by atoms with van der Waals surface area (Å²) >= 11 is 7.42. The standard InChI is InChI=1S/C14H16ClFN2OS/c1-9-11(14(15)18(2)17-9)7-10(19)8-20-13-6-4-3-5-12(13)16/h3-6,10,19H,7-8H2,1-2H3. The Morgan fingerprint density at radius 1 is 1.45 bits per heavy atom. The van der Waals surface area contributed by atoms with Crippen LogP contribution in [0.2, 0.25) is 5.15 Å². The van der Waals surface area contributed by atoms with E-state index in [2.05, 4.69) is 5.10 Å². The number of aliphatic hydroxyl groups excluding tert-OH is 1. The average Bonchev–Trinajstić information content (AvgIpc) is 2.64. The summed E-state index contributed by atoms with van der Waals surface area (Å²) in [5.74, 6) is 0.145. The highest BCUT2D eigenvalue weighted by Crippen LogP contribution is 2.25. The van der Waals surface area contributed by atoms with Crippen molar-refractivity contribution in [3.63, 3.8) is 0 Å². The summed E-state index contributed by atoms with van der Waals surface area (Å²) in [6, 6.07) is 6.54. The molecule has 1 heterocycles. The first-order valence-electron chi connectivity index (χ1n) is 6.22. The van der Waals surface area contributed by atoms with Crippen molar-refractivity contribution in [3.8, 4) is 0 Å². The van der Waals surface area contributed by atoms with Gasteiger partial charge < -0.3 is 5.11 Å². The number of rotatable bonds is 5. The van der Waals surface area contributed by atoms with Crippen molar-refractivity contribution >= 4 is 23.4 Å². The maximum atomic E-state index is 13.5. The molecular weight excluding hydrogens is 299 g/mol. The molecule has 2 aromatic rings. The van der Waals surface area contributed by atoms with Crippen LogP contribution >= 0.6 is 23.4 Å². The minimum Gasteiger partial charge on any atom is -0.392 e. The molecular formula is C14H16ClFN2OS. The summed E-state index contributed by atoms with van der Waals surface area (Å²) in [5, 5.41) is 14.8. The first kappa shape index (κ1) is 15.4. The number of hydrogen-bond donors (Lipinski definition) is 1. The Hall–Kier alpha value is -1.04. The van der Waals surface area contributed by atoms with Crippen LogP contribution in [0.1, 0.15) is 11.3 Å². The number of aromatic nitrogens is 2. The van der Waals surface area contributed by atoms with Gasteiger partial charge in [0.1, 0.15) is 11.0 Å². The molecule has 0 bridgehead atoms. The van der Waals surface area contributed by atoms with Gasteiger partial charge in [0.25, 0.3) is 0 Å². The molecule has 0 amide bonds. The van der Waals surface area contributed by atoms with E-state index in [1.807, 2.05) is 6.92 Å². The maximum Gasteiger partial charge on any atom is 0.136 e. The van der Waals surface area contributed by atoms with Crippen LogP contribution in [0.3, 0.4) is 0 Å². The summed E-state index contributed by atoms with van der Waals surface area (Å²) in [6.07, 6.45) is -0.181. The lowest BCUT2D eigenvalue weighted by Gasteiger charge is -2.10. The molecule has 0 saturated heterocycles. The topological polar surface area (TPSA) is 38.0 Å². The van der Waals surface area contributed by atoms with E-state index in [1.165, 1.54) is 17.8 Å². The number of benzene rings is 1. The van der Waals surface area contributed by atoms with E-state index in [0.29, 0.717) is 22.2 Å². The molecule has 6 heteroatoms. The third-order valence-electron chi connectivity index (χ3n) is 2.98. The quantitative estimate of drug-likeness (QED) is 0.861. The highest BCUT2D eigenvalue weighted by atomic mass is 35.5. The predicted octanol–water partition coefficient (Wildman–Crippen LogP) is 3.22. The number of aryl methyl sites for hydroxylation is 2. The molecule has 0 aliphatic heterocycles. The molecule has 1 N–H and O–H groups in total. The Kier molecular flexibility index (Phi) is 5.07. The summed E-state index contributed by atoms with van der Waals surface area (Å²) in [5.41, 5.74) is 1.66. The zero-order valence-corrected chi connectivity index (χ0v) is 12.9. The van der Waals surface area contributed by atoms with Crippen molar-refractivity contribution in [3.05, 3.63) is 46.5 Å². The van der Waals surface area contributed by atoms with Gasteiger partial charge in [-0.15, -0.1) is 11.8 Å². The predicted molar refractivity (Wildman–Crippen MR) is 79.8 cm³/mol. The average molecular weight is 315 g/mol. The van der Waals surface area contributed by atoms with Crippen molar-refractivity contribution in [1.29, 1.82) is 0 Å². The van der Waals surface area contributed by atoms with E-state index < -0.39 is 6.10 Å². The molecule has 0 radical (unpaired) electrons. The lowest BCUT2D eigenvalue weighted by atomic mass is 10.1. The highest BCUT2D eigenvalue weighted by molar-refractivity contribution is 7.99. The maximum absolute atomic E-state index is 13.5. The van der Waals surface area contributed by atoms with Gasteiger partial charge in [-0.2, -0.15) is 5.10 Å². The lowest BCUT2D eigenvalue weighted by molar-refractivity contribution is 0.200. The van der Waals surface area contributed by atoms with Crippen LogP contribution in [0.4, 0.5) is 4.39 Å². The molecule has 3 nitrogen and oxygen atoms in total. The third kappa shape index (κ3) is 3.53. The third-order valence-corrected chi connectivity index (χ3v) is 4.64. The SMILES string of the molecule is Cc1nn(C)c(Cl)c1CC(O)CSc1ccccc1F. The molecule has 1 aromatic heterocycles. The van der Waals surface area contributed by atoms with Crippen molar-refractivity contribution < 1.29 is 9.50 Å². The number of hydrogen-bond acceptors (Lipinski definition) is 3. The molecule has 1 aromatic carbocycles. The zero-order valence-electron chi connectivity index (χ0n) is 11.3. The zero-order chi connectivity index (χ0) is 14.7. The van der Waals surface area contributed by atoms with Gasteiger partial charge in [0.2, 0.25) is 0 Å². The monoisotopic (exact) mass is 314 g/mol. The Morgan fingerprint density at radius 3 is 2.75 bits per heavy atom. The molecule has 0 aliphatic rings. The van der Waals surface area contributed by atoms with Gasteiger partial charge in [0, 0.05) is 29.7 Å². The molecule has 0 spiro atoms. The van der Waals surface area contributed by atoms with Gasteiger partial charge in [-0.25, -0.2) is 4.39 Å². The van der Waals surface area contributed by atoms with E-state index >= 15 is 0 Å². The second-order valence-electron chi connectivity index (χ2n) is 4.58. The van der Waals surface area contributed by atoms with E-state index in [4.69, 9.17) is 11.6 Å². The second kappa shape index (κ2) is 6.61. The van der Waals surface area contributed by atoms with E-state index in [-0.39, 0.29) is 5.82 Å². The Bertz CT molecular complexity index is 603. The Morgan fingerprint density at radius 2 is 2.15 bits per heavy atom. The van der Waals surface area contributed by atoms with Crippen LogP contribution in [-0.2, 0) is 13.5 Å². The fourth-order valence-electron chi connectivity index (χ4n) is 1.95. The van der Waals surface area contributed by atoms with Crippen LogP contribution < -0.4 is 0 Å². The van der Waals surface area contributed by atoms with E-state index in [1.54, 1.807) is 29.9 Å². The molecule has 20 heavy (non-hydrogen) atoms. The fourth-order valence-corrected chi connectivity index (χ4v) is 3.07. The fraction of sp³-hybridized carbons (Fsp3) is 0.357. The highest BCUT2D eigenvalue weighted by Gasteiger charge is 2.16. The Balaban J connectivity index is 1.96. The molecule has 1 unspecified atom stereocenters. The molecule has 2 rings (SSSR count). The van der Waals surface area contributed by atoms with Gasteiger partial charge in [0.05, 0.1) is 11.8 Å². The van der Waals surface area contributed by atoms with Crippen molar-refractivity contribution in [1.82, 2.24) is 9.78 Å². The van der Waals surface area contributed by atoms with E-state index in [0.717, 1.165) is 11.3 Å². The summed E-state index contributed by atoms with van der Waals surface area (Å²) in [6.45, 7) is 1.86. The van der Waals surface area contributed by atoms with Crippen molar-refractivity contribution in [2.75, 3.05) is 5.75 Å². The van der Waals surface area contributed by atoms with Gasteiger partial charge >= 0.3 is 0 Å². The van der Waals surface area contributed by atoms with Gasteiger partial charge in [-0.1, -0.05) is 23.7 Å². The number of thioether (sulfide) groups is 1. The van der Waals surface area contributed by atoms with Crippen LogP contribution in [0, 0.1) is 12.7 Å². The molecule has 0 aliphatic carbocycles.